The number of Topliss-reactive ketones (excluding diaryl/α,β-unsaturated/α-hetero) is 1. The van der Waals surface area contributed by atoms with Gasteiger partial charge in [0.15, 0.2) is 12.4 Å². The number of ether oxygens (including phenoxy) is 1. The normalized spacial score (nSPS) is 14.0. The number of ketones is 1. The monoisotopic (exact) mass is 395 g/mol. The third-order valence-corrected chi connectivity index (χ3v) is 5.26. The molecule has 0 saturated carbocycles. The highest BCUT2D eigenvalue weighted by molar-refractivity contribution is 8.00. The Labute approximate surface area is 165 Å². The summed E-state index contributed by atoms with van der Waals surface area (Å²) in [5.74, 6) is 0.627. The second kappa shape index (κ2) is 7.47. The van der Waals surface area contributed by atoms with Gasteiger partial charge in [-0.05, 0) is 43.7 Å². The van der Waals surface area contributed by atoms with Gasteiger partial charge < -0.3 is 14.5 Å². The Morgan fingerprint density at radius 3 is 2.86 bits per heavy atom. The molecule has 1 aromatic heterocycles. The predicted octanol–water partition coefficient (Wildman–Crippen LogP) is 3.74. The molecular formula is C20H17N3O4S. The summed E-state index contributed by atoms with van der Waals surface area (Å²) in [7, 11) is 0. The molecule has 1 aliphatic heterocycles. The minimum absolute atomic E-state index is 0.0209. The minimum Gasteiger partial charge on any atom is -0.482 e. The van der Waals surface area contributed by atoms with E-state index in [4.69, 9.17) is 9.15 Å². The zero-order valence-corrected chi connectivity index (χ0v) is 16.1. The van der Waals surface area contributed by atoms with Crippen molar-refractivity contribution in [2.45, 2.75) is 24.3 Å². The molecule has 0 aliphatic carbocycles. The van der Waals surface area contributed by atoms with Crippen LogP contribution >= 0.6 is 11.8 Å². The van der Waals surface area contributed by atoms with E-state index < -0.39 is 5.25 Å². The molecule has 142 valence electrons. The number of carbonyl (C=O) groups is 2. The van der Waals surface area contributed by atoms with E-state index in [1.807, 2.05) is 31.2 Å². The van der Waals surface area contributed by atoms with E-state index in [-0.39, 0.29) is 18.3 Å². The summed E-state index contributed by atoms with van der Waals surface area (Å²) in [6, 6.07) is 12.7. The Morgan fingerprint density at radius 2 is 2.04 bits per heavy atom. The second-order valence-corrected chi connectivity index (χ2v) is 7.65. The number of rotatable bonds is 5. The lowest BCUT2D eigenvalue weighted by molar-refractivity contribution is -0.118. The van der Waals surface area contributed by atoms with Gasteiger partial charge in [-0.2, -0.15) is 0 Å². The van der Waals surface area contributed by atoms with Gasteiger partial charge in [-0.25, -0.2) is 0 Å². The number of thioether (sulfide) groups is 1. The quantitative estimate of drug-likeness (QED) is 0.519. The topological polar surface area (TPSA) is 94.3 Å². The molecule has 0 saturated heterocycles. The van der Waals surface area contributed by atoms with Crippen LogP contribution in [0.25, 0.3) is 11.5 Å². The maximum absolute atomic E-state index is 12.8. The Hall–Kier alpha value is -3.13. The fourth-order valence-electron chi connectivity index (χ4n) is 2.85. The van der Waals surface area contributed by atoms with Crippen molar-refractivity contribution in [1.82, 2.24) is 10.2 Å². The van der Waals surface area contributed by atoms with Crippen LogP contribution in [-0.2, 0) is 4.79 Å². The molecule has 1 atom stereocenters. The largest absolute Gasteiger partial charge is 0.482 e. The SMILES string of the molecule is Cc1ccccc1-c1nnc(SC(C)C(=O)c2ccc3c(c2)NC(=O)CO3)o1. The molecule has 7 nitrogen and oxygen atoms in total. The highest BCUT2D eigenvalue weighted by Gasteiger charge is 2.23. The van der Waals surface area contributed by atoms with Gasteiger partial charge in [-0.3, -0.25) is 9.59 Å². The fraction of sp³-hybridized carbons (Fsp3) is 0.200. The second-order valence-electron chi connectivity index (χ2n) is 6.36. The first kappa shape index (κ1) is 18.2. The number of nitrogens with one attached hydrogen (secondary N) is 1. The van der Waals surface area contributed by atoms with Crippen LogP contribution in [0, 0.1) is 6.92 Å². The molecule has 2 aromatic carbocycles. The van der Waals surface area contributed by atoms with Crippen molar-refractivity contribution < 1.29 is 18.7 Å². The number of fused-ring (bicyclic) bond motifs is 1. The van der Waals surface area contributed by atoms with Gasteiger partial charge in [0, 0.05) is 11.1 Å². The van der Waals surface area contributed by atoms with Crippen molar-refractivity contribution in [3.05, 3.63) is 53.6 Å². The molecule has 1 aliphatic rings. The zero-order chi connectivity index (χ0) is 19.7. The molecule has 3 aromatic rings. The average molecular weight is 395 g/mol. The molecular weight excluding hydrogens is 378 g/mol. The van der Waals surface area contributed by atoms with Crippen molar-refractivity contribution in [3.8, 4) is 17.2 Å². The number of benzene rings is 2. The summed E-state index contributed by atoms with van der Waals surface area (Å²) >= 11 is 1.20. The third kappa shape index (κ3) is 3.63. The number of hydrogen-bond acceptors (Lipinski definition) is 7. The van der Waals surface area contributed by atoms with Crippen LogP contribution in [0.3, 0.4) is 0 Å². The van der Waals surface area contributed by atoms with Crippen LogP contribution in [0.2, 0.25) is 0 Å². The van der Waals surface area contributed by atoms with Crippen molar-refractivity contribution in [3.63, 3.8) is 0 Å². The molecule has 0 bridgehead atoms. The standard InChI is InChI=1S/C20H17N3O4S/c1-11-5-3-4-6-14(11)19-22-23-20(27-19)28-12(2)18(25)13-7-8-16-15(9-13)21-17(24)10-26-16/h3-9,12H,10H2,1-2H3,(H,21,24). The lowest BCUT2D eigenvalue weighted by Gasteiger charge is -2.18. The minimum atomic E-state index is -0.441. The van der Waals surface area contributed by atoms with Gasteiger partial charge in [0.1, 0.15) is 5.75 Å². The molecule has 2 heterocycles. The number of nitrogens with zero attached hydrogens (tertiary/aromatic N) is 2. The summed E-state index contributed by atoms with van der Waals surface area (Å²) in [5.41, 5.74) is 2.87. The molecule has 0 radical (unpaired) electrons. The maximum atomic E-state index is 12.8. The van der Waals surface area contributed by atoms with Gasteiger partial charge in [0.05, 0.1) is 10.9 Å². The fourth-order valence-corrected chi connectivity index (χ4v) is 3.62. The molecule has 28 heavy (non-hydrogen) atoms. The van der Waals surface area contributed by atoms with E-state index in [2.05, 4.69) is 15.5 Å². The third-order valence-electron chi connectivity index (χ3n) is 4.33. The zero-order valence-electron chi connectivity index (χ0n) is 15.3. The van der Waals surface area contributed by atoms with Crippen molar-refractivity contribution >= 4 is 29.1 Å². The smallest absolute Gasteiger partial charge is 0.277 e. The number of hydrogen-bond donors (Lipinski definition) is 1. The van der Waals surface area contributed by atoms with E-state index in [9.17, 15) is 9.59 Å². The molecule has 1 N–H and O–H groups in total. The van der Waals surface area contributed by atoms with Crippen LogP contribution in [0.5, 0.6) is 5.75 Å². The van der Waals surface area contributed by atoms with Crippen LogP contribution in [0.15, 0.2) is 52.1 Å². The predicted molar refractivity (Wildman–Crippen MR) is 105 cm³/mol. The summed E-state index contributed by atoms with van der Waals surface area (Å²) in [6.07, 6.45) is 0. The summed E-state index contributed by atoms with van der Waals surface area (Å²) in [5, 5.41) is 10.7. The van der Waals surface area contributed by atoms with Crippen molar-refractivity contribution in [2.24, 2.45) is 0 Å². The van der Waals surface area contributed by atoms with E-state index in [1.165, 1.54) is 11.8 Å². The number of carbonyl (C=O) groups excluding carboxylic acids is 2. The van der Waals surface area contributed by atoms with Crippen molar-refractivity contribution in [1.29, 1.82) is 0 Å². The van der Waals surface area contributed by atoms with Gasteiger partial charge in [-0.1, -0.05) is 30.0 Å². The molecule has 4 rings (SSSR count). The maximum Gasteiger partial charge on any atom is 0.277 e. The summed E-state index contributed by atoms with van der Waals surface area (Å²) in [4.78, 5) is 24.3. The van der Waals surface area contributed by atoms with Gasteiger partial charge in [0.25, 0.3) is 11.1 Å². The number of amides is 1. The van der Waals surface area contributed by atoms with Crippen LogP contribution < -0.4 is 10.1 Å². The Balaban J connectivity index is 1.49. The van der Waals surface area contributed by atoms with Gasteiger partial charge >= 0.3 is 0 Å². The first-order valence-corrected chi connectivity index (χ1v) is 9.56. The van der Waals surface area contributed by atoms with Crippen LogP contribution in [-0.4, -0.2) is 33.7 Å². The van der Waals surface area contributed by atoms with E-state index in [1.54, 1.807) is 25.1 Å². The highest BCUT2D eigenvalue weighted by Crippen LogP contribution is 2.32. The van der Waals surface area contributed by atoms with E-state index in [0.717, 1.165) is 11.1 Å². The van der Waals surface area contributed by atoms with E-state index in [0.29, 0.717) is 28.1 Å². The first-order chi connectivity index (χ1) is 13.5. The Bertz CT molecular complexity index is 1060. The number of anilines is 1. The lowest BCUT2D eigenvalue weighted by Crippen LogP contribution is -2.25. The number of aromatic nitrogens is 2. The highest BCUT2D eigenvalue weighted by atomic mass is 32.2. The Kier molecular flexibility index (Phi) is 4.87. The average Bonchev–Trinajstić information content (AvgIpc) is 3.15. The van der Waals surface area contributed by atoms with Gasteiger partial charge in [0.2, 0.25) is 5.89 Å². The molecule has 8 heteroatoms. The molecule has 0 spiro atoms. The van der Waals surface area contributed by atoms with Crippen molar-refractivity contribution in [2.75, 3.05) is 11.9 Å². The Morgan fingerprint density at radius 1 is 1.21 bits per heavy atom. The molecule has 1 unspecified atom stereocenters. The molecule has 0 fully saturated rings. The van der Waals surface area contributed by atoms with E-state index >= 15 is 0 Å². The van der Waals surface area contributed by atoms with Crippen LogP contribution in [0.4, 0.5) is 5.69 Å². The molecule has 1 amide bonds. The van der Waals surface area contributed by atoms with Crippen LogP contribution in [0.1, 0.15) is 22.8 Å². The number of aryl methyl sites for hydroxylation is 1. The van der Waals surface area contributed by atoms with Gasteiger partial charge in [-0.15, -0.1) is 10.2 Å². The first-order valence-electron chi connectivity index (χ1n) is 8.68. The lowest BCUT2D eigenvalue weighted by atomic mass is 10.1. The summed E-state index contributed by atoms with van der Waals surface area (Å²) in [6.45, 7) is 3.73. The summed E-state index contributed by atoms with van der Waals surface area (Å²) < 4.78 is 11.0.